The van der Waals surface area contributed by atoms with E-state index in [0.29, 0.717) is 6.42 Å². The number of carbonyl (C=O) groups is 1. The monoisotopic (exact) mass is 277 g/mol. The lowest BCUT2D eigenvalue weighted by molar-refractivity contribution is -0.121. The van der Waals surface area contributed by atoms with Crippen LogP contribution in [0.25, 0.3) is 0 Å². The van der Waals surface area contributed by atoms with E-state index in [9.17, 15) is 4.79 Å². The maximum absolute atomic E-state index is 11.7. The van der Waals surface area contributed by atoms with E-state index in [1.54, 1.807) is 7.11 Å². The lowest BCUT2D eigenvalue weighted by Gasteiger charge is -2.21. The molecule has 0 spiro atoms. The number of benzene rings is 1. The predicted octanol–water partition coefficient (Wildman–Crippen LogP) is 1.000. The fourth-order valence-corrected chi connectivity index (χ4v) is 2.53. The molecule has 110 valence electrons. The average Bonchev–Trinajstić information content (AvgIpc) is 2.93. The molecule has 2 rings (SSSR count). The van der Waals surface area contributed by atoms with Crippen LogP contribution in [0.15, 0.2) is 24.3 Å². The van der Waals surface area contributed by atoms with Crippen LogP contribution in [-0.2, 0) is 4.79 Å². The first-order valence-corrected chi connectivity index (χ1v) is 7.06. The number of amides is 1. The van der Waals surface area contributed by atoms with Crippen molar-refractivity contribution in [3.8, 4) is 5.75 Å². The number of hydrogen-bond donors (Lipinski definition) is 2. The molecule has 0 aromatic heterocycles. The van der Waals surface area contributed by atoms with Gasteiger partial charge in [-0.1, -0.05) is 12.1 Å². The van der Waals surface area contributed by atoms with Gasteiger partial charge in [0.2, 0.25) is 5.91 Å². The highest BCUT2D eigenvalue weighted by Crippen LogP contribution is 2.30. The fraction of sp³-hybridized carbons (Fsp3) is 0.533. The van der Waals surface area contributed by atoms with Crippen molar-refractivity contribution in [2.75, 3.05) is 38.7 Å². The maximum atomic E-state index is 11.7. The summed E-state index contributed by atoms with van der Waals surface area (Å²) in [4.78, 5) is 14.0. The topological polar surface area (TPSA) is 53.6 Å². The summed E-state index contributed by atoms with van der Waals surface area (Å²) in [5, 5.41) is 6.07. The van der Waals surface area contributed by atoms with E-state index in [4.69, 9.17) is 4.74 Å². The minimum atomic E-state index is 0.117. The van der Waals surface area contributed by atoms with Crippen molar-refractivity contribution in [1.29, 1.82) is 0 Å². The zero-order chi connectivity index (χ0) is 14.4. The van der Waals surface area contributed by atoms with Gasteiger partial charge in [0.25, 0.3) is 0 Å². The van der Waals surface area contributed by atoms with Gasteiger partial charge in [0, 0.05) is 32.1 Å². The van der Waals surface area contributed by atoms with Gasteiger partial charge in [-0.3, -0.25) is 4.79 Å². The number of hydrogen-bond acceptors (Lipinski definition) is 4. The number of para-hydroxylation sites is 2. The van der Waals surface area contributed by atoms with Crippen LogP contribution in [0.5, 0.6) is 5.75 Å². The number of nitrogens with one attached hydrogen (secondary N) is 2. The molecule has 1 aliphatic heterocycles. The van der Waals surface area contributed by atoms with Gasteiger partial charge in [-0.25, -0.2) is 0 Å². The van der Waals surface area contributed by atoms with Crippen LogP contribution in [0.2, 0.25) is 0 Å². The van der Waals surface area contributed by atoms with Crippen LogP contribution in [-0.4, -0.2) is 45.7 Å². The molecule has 1 amide bonds. The zero-order valence-corrected chi connectivity index (χ0v) is 12.2. The Morgan fingerprint density at radius 3 is 3.00 bits per heavy atom. The van der Waals surface area contributed by atoms with Crippen LogP contribution in [0.3, 0.4) is 0 Å². The predicted molar refractivity (Wildman–Crippen MR) is 80.3 cm³/mol. The van der Waals surface area contributed by atoms with Gasteiger partial charge in [0.15, 0.2) is 0 Å². The van der Waals surface area contributed by atoms with Crippen LogP contribution in [0.4, 0.5) is 5.69 Å². The van der Waals surface area contributed by atoms with Gasteiger partial charge in [0.1, 0.15) is 5.75 Å². The quantitative estimate of drug-likeness (QED) is 0.814. The molecule has 0 saturated carbocycles. The molecule has 0 aliphatic carbocycles. The molecule has 2 N–H and O–H groups in total. The molecule has 1 atom stereocenters. The first-order valence-electron chi connectivity index (χ1n) is 7.06. The van der Waals surface area contributed by atoms with Crippen LogP contribution in [0.1, 0.15) is 12.8 Å². The summed E-state index contributed by atoms with van der Waals surface area (Å²) in [5.41, 5.74) is 1.10. The van der Waals surface area contributed by atoms with E-state index in [1.165, 1.54) is 0 Å². The van der Waals surface area contributed by atoms with Crippen molar-refractivity contribution < 1.29 is 9.53 Å². The molecule has 1 heterocycles. The van der Waals surface area contributed by atoms with Gasteiger partial charge in [-0.05, 0) is 25.6 Å². The largest absolute Gasteiger partial charge is 0.495 e. The Morgan fingerprint density at radius 2 is 2.25 bits per heavy atom. The van der Waals surface area contributed by atoms with E-state index >= 15 is 0 Å². The number of carbonyl (C=O) groups excluding carboxylic acids is 1. The molecule has 1 aromatic rings. The Kier molecular flexibility index (Phi) is 5.24. The number of methoxy groups -OCH3 is 1. The SMILES string of the molecule is CNCCC(=O)NC1CCN(c2ccccc2OC)C1. The van der Waals surface area contributed by atoms with E-state index in [1.807, 2.05) is 25.2 Å². The van der Waals surface area contributed by atoms with Gasteiger partial charge >= 0.3 is 0 Å². The van der Waals surface area contributed by atoms with Crippen molar-refractivity contribution in [3.63, 3.8) is 0 Å². The summed E-state index contributed by atoms with van der Waals surface area (Å²) in [6.07, 6.45) is 1.50. The Bertz CT molecular complexity index is 450. The number of ether oxygens (including phenoxy) is 1. The third-order valence-electron chi connectivity index (χ3n) is 3.58. The molecule has 5 heteroatoms. The lowest BCUT2D eigenvalue weighted by Crippen LogP contribution is -2.38. The third-order valence-corrected chi connectivity index (χ3v) is 3.58. The molecule has 1 aromatic carbocycles. The van der Waals surface area contributed by atoms with Crippen LogP contribution in [0, 0.1) is 0 Å². The summed E-state index contributed by atoms with van der Waals surface area (Å²) in [7, 11) is 3.54. The zero-order valence-electron chi connectivity index (χ0n) is 12.2. The van der Waals surface area contributed by atoms with Gasteiger partial charge in [-0.2, -0.15) is 0 Å². The molecule has 5 nitrogen and oxygen atoms in total. The lowest BCUT2D eigenvalue weighted by atomic mass is 10.2. The second-order valence-electron chi connectivity index (χ2n) is 5.02. The van der Waals surface area contributed by atoms with Gasteiger partial charge in [-0.15, -0.1) is 0 Å². The minimum absolute atomic E-state index is 0.117. The molecule has 0 bridgehead atoms. The molecule has 20 heavy (non-hydrogen) atoms. The van der Waals surface area contributed by atoms with Crippen molar-refractivity contribution >= 4 is 11.6 Å². The van der Waals surface area contributed by atoms with Crippen LogP contribution >= 0.6 is 0 Å². The first kappa shape index (κ1) is 14.7. The Labute approximate surface area is 120 Å². The highest BCUT2D eigenvalue weighted by atomic mass is 16.5. The number of anilines is 1. The molecule has 0 radical (unpaired) electrons. The Balaban J connectivity index is 1.90. The van der Waals surface area contributed by atoms with Crippen molar-refractivity contribution in [2.45, 2.75) is 18.9 Å². The standard InChI is InChI=1S/C15H23N3O2/c1-16-9-7-15(19)17-12-8-10-18(11-12)13-5-3-4-6-14(13)20-2/h3-6,12,16H,7-11H2,1-2H3,(H,17,19). The maximum Gasteiger partial charge on any atom is 0.221 e. The van der Waals surface area contributed by atoms with Crippen molar-refractivity contribution in [1.82, 2.24) is 10.6 Å². The summed E-state index contributed by atoms with van der Waals surface area (Å²) in [5.74, 6) is 1.00. The van der Waals surface area contributed by atoms with Crippen molar-refractivity contribution in [2.24, 2.45) is 0 Å². The highest BCUT2D eigenvalue weighted by Gasteiger charge is 2.25. The number of rotatable bonds is 6. The number of nitrogens with zero attached hydrogens (tertiary/aromatic N) is 1. The minimum Gasteiger partial charge on any atom is -0.495 e. The second-order valence-corrected chi connectivity index (χ2v) is 5.02. The second kappa shape index (κ2) is 7.14. The van der Waals surface area contributed by atoms with Crippen LogP contribution < -0.4 is 20.3 Å². The average molecular weight is 277 g/mol. The molecular weight excluding hydrogens is 254 g/mol. The van der Waals surface area contributed by atoms with Gasteiger partial charge < -0.3 is 20.3 Å². The molecule has 1 fully saturated rings. The van der Waals surface area contributed by atoms with E-state index < -0.39 is 0 Å². The third kappa shape index (κ3) is 3.63. The van der Waals surface area contributed by atoms with Crippen molar-refractivity contribution in [3.05, 3.63) is 24.3 Å². The van der Waals surface area contributed by atoms with E-state index in [2.05, 4.69) is 21.6 Å². The highest BCUT2D eigenvalue weighted by molar-refractivity contribution is 5.76. The summed E-state index contributed by atoms with van der Waals surface area (Å²) < 4.78 is 5.39. The summed E-state index contributed by atoms with van der Waals surface area (Å²) >= 11 is 0. The van der Waals surface area contributed by atoms with Gasteiger partial charge in [0.05, 0.1) is 12.8 Å². The summed E-state index contributed by atoms with van der Waals surface area (Å²) in [6.45, 7) is 2.50. The Morgan fingerprint density at radius 1 is 1.45 bits per heavy atom. The molecule has 1 unspecified atom stereocenters. The molecular formula is C15H23N3O2. The first-order chi connectivity index (χ1) is 9.74. The van der Waals surface area contributed by atoms with E-state index in [0.717, 1.165) is 37.5 Å². The molecule has 1 aliphatic rings. The summed E-state index contributed by atoms with van der Waals surface area (Å²) in [6, 6.07) is 8.23. The fourth-order valence-electron chi connectivity index (χ4n) is 2.53. The normalized spacial score (nSPS) is 18.1. The van der Waals surface area contributed by atoms with E-state index in [-0.39, 0.29) is 11.9 Å². The molecule has 1 saturated heterocycles. The smallest absolute Gasteiger partial charge is 0.221 e. The Hall–Kier alpha value is -1.75.